The van der Waals surface area contributed by atoms with E-state index in [0.29, 0.717) is 5.56 Å². The van der Waals surface area contributed by atoms with E-state index in [1.54, 1.807) is 0 Å². The minimum atomic E-state index is -0.639. The second kappa shape index (κ2) is 4.94. The first-order valence-corrected chi connectivity index (χ1v) is 4.96. The second-order valence-corrected chi connectivity index (χ2v) is 3.36. The molecule has 4 nitrogen and oxygen atoms in total. The monoisotopic (exact) mass is 239 g/mol. The number of rotatable bonds is 2. The predicted octanol–water partition coefficient (Wildman–Crippen LogP) is 2.76. The molecule has 0 aliphatic heterocycles. The Balaban J connectivity index is 2.24. The molecule has 0 N–H and O–H groups in total. The van der Waals surface area contributed by atoms with Gasteiger partial charge in [0.1, 0.15) is 6.07 Å². The van der Waals surface area contributed by atoms with E-state index in [2.05, 4.69) is 4.98 Å². The lowest BCUT2D eigenvalue weighted by Crippen LogP contribution is -1.91. The van der Waals surface area contributed by atoms with Crippen LogP contribution in [0.15, 0.2) is 36.5 Å². The van der Waals surface area contributed by atoms with Crippen LogP contribution < -0.4 is 4.74 Å². The Morgan fingerprint density at radius 1 is 1.06 bits per heavy atom. The van der Waals surface area contributed by atoms with E-state index in [-0.39, 0.29) is 17.2 Å². The van der Waals surface area contributed by atoms with Crippen molar-refractivity contribution in [2.24, 2.45) is 0 Å². The number of hydrogen-bond acceptors (Lipinski definition) is 4. The van der Waals surface area contributed by atoms with E-state index in [4.69, 9.17) is 15.3 Å². The molecule has 0 saturated carbocycles. The number of benzene rings is 1. The third kappa shape index (κ3) is 2.42. The van der Waals surface area contributed by atoms with Crippen molar-refractivity contribution in [2.75, 3.05) is 0 Å². The molecule has 0 bridgehead atoms. The SMILES string of the molecule is N#Cc1ccc(Oc2ccc(C#N)cc2F)nc1. The number of hydrogen-bond donors (Lipinski definition) is 0. The van der Waals surface area contributed by atoms with Gasteiger partial charge in [0.15, 0.2) is 11.6 Å². The zero-order chi connectivity index (χ0) is 13.0. The minimum Gasteiger partial charge on any atom is -0.436 e. The molecule has 2 aromatic rings. The fraction of sp³-hybridized carbons (Fsp3) is 0. The molecule has 0 saturated heterocycles. The molecule has 0 aliphatic rings. The highest BCUT2D eigenvalue weighted by atomic mass is 19.1. The van der Waals surface area contributed by atoms with Gasteiger partial charge in [0.25, 0.3) is 0 Å². The Morgan fingerprint density at radius 2 is 1.78 bits per heavy atom. The van der Waals surface area contributed by atoms with E-state index in [0.717, 1.165) is 6.07 Å². The highest BCUT2D eigenvalue weighted by Crippen LogP contribution is 2.23. The summed E-state index contributed by atoms with van der Waals surface area (Å²) in [5.74, 6) is -0.482. The summed E-state index contributed by atoms with van der Waals surface area (Å²) in [6.45, 7) is 0. The third-order valence-electron chi connectivity index (χ3n) is 2.14. The molecular weight excluding hydrogens is 233 g/mol. The first-order valence-electron chi connectivity index (χ1n) is 4.96. The summed E-state index contributed by atoms with van der Waals surface area (Å²) >= 11 is 0. The number of nitriles is 2. The first-order chi connectivity index (χ1) is 8.72. The molecule has 5 heteroatoms. The molecule has 18 heavy (non-hydrogen) atoms. The molecule has 0 fully saturated rings. The maximum Gasteiger partial charge on any atom is 0.219 e. The molecule has 2 rings (SSSR count). The Kier molecular flexibility index (Phi) is 3.17. The van der Waals surface area contributed by atoms with E-state index in [1.807, 2.05) is 12.1 Å². The van der Waals surface area contributed by atoms with E-state index in [1.165, 1.54) is 30.5 Å². The largest absolute Gasteiger partial charge is 0.436 e. The van der Waals surface area contributed by atoms with Crippen LogP contribution in [0.25, 0.3) is 0 Å². The van der Waals surface area contributed by atoms with Gasteiger partial charge in [0.05, 0.1) is 17.2 Å². The Bertz CT molecular complexity index is 653. The van der Waals surface area contributed by atoms with Gasteiger partial charge in [-0.25, -0.2) is 9.37 Å². The quantitative estimate of drug-likeness (QED) is 0.807. The fourth-order valence-corrected chi connectivity index (χ4v) is 1.27. The van der Waals surface area contributed by atoms with Crippen molar-refractivity contribution < 1.29 is 9.13 Å². The number of nitrogens with zero attached hydrogens (tertiary/aromatic N) is 3. The van der Waals surface area contributed by atoms with Gasteiger partial charge in [-0.2, -0.15) is 10.5 Å². The molecule has 0 amide bonds. The van der Waals surface area contributed by atoms with Crippen molar-refractivity contribution in [1.82, 2.24) is 4.98 Å². The molecule has 0 unspecified atom stereocenters. The van der Waals surface area contributed by atoms with Crippen LogP contribution in [0.1, 0.15) is 11.1 Å². The summed E-state index contributed by atoms with van der Waals surface area (Å²) in [5, 5.41) is 17.2. The molecule has 1 aromatic carbocycles. The number of pyridine rings is 1. The van der Waals surface area contributed by atoms with Crippen molar-refractivity contribution >= 4 is 0 Å². The van der Waals surface area contributed by atoms with Crippen LogP contribution in [0.5, 0.6) is 11.6 Å². The average molecular weight is 239 g/mol. The molecule has 0 radical (unpaired) electrons. The molecule has 86 valence electrons. The molecule has 0 aliphatic carbocycles. The molecule has 0 atom stereocenters. The Labute approximate surface area is 103 Å². The van der Waals surface area contributed by atoms with Crippen molar-refractivity contribution in [3.05, 3.63) is 53.5 Å². The molecule has 1 heterocycles. The number of ether oxygens (including phenoxy) is 1. The van der Waals surface area contributed by atoms with Crippen molar-refractivity contribution in [3.8, 4) is 23.8 Å². The van der Waals surface area contributed by atoms with Crippen LogP contribution in [0.2, 0.25) is 0 Å². The van der Waals surface area contributed by atoms with Crippen LogP contribution >= 0.6 is 0 Å². The van der Waals surface area contributed by atoms with Gasteiger partial charge < -0.3 is 4.74 Å². The highest BCUT2D eigenvalue weighted by Gasteiger charge is 2.06. The average Bonchev–Trinajstić information content (AvgIpc) is 2.42. The Morgan fingerprint density at radius 3 is 2.33 bits per heavy atom. The smallest absolute Gasteiger partial charge is 0.219 e. The van der Waals surface area contributed by atoms with Crippen molar-refractivity contribution in [3.63, 3.8) is 0 Å². The fourth-order valence-electron chi connectivity index (χ4n) is 1.27. The summed E-state index contributed by atoms with van der Waals surface area (Å²) in [6, 6.07) is 10.6. The van der Waals surface area contributed by atoms with Gasteiger partial charge in [-0.1, -0.05) is 0 Å². The third-order valence-corrected chi connectivity index (χ3v) is 2.14. The van der Waals surface area contributed by atoms with Crippen LogP contribution in [0, 0.1) is 28.5 Å². The van der Waals surface area contributed by atoms with E-state index < -0.39 is 5.82 Å². The zero-order valence-electron chi connectivity index (χ0n) is 9.09. The van der Waals surface area contributed by atoms with Crippen molar-refractivity contribution in [2.45, 2.75) is 0 Å². The first kappa shape index (κ1) is 11.6. The lowest BCUT2D eigenvalue weighted by molar-refractivity contribution is 0.427. The maximum absolute atomic E-state index is 13.5. The van der Waals surface area contributed by atoms with Crippen LogP contribution in [-0.2, 0) is 0 Å². The van der Waals surface area contributed by atoms with E-state index in [9.17, 15) is 4.39 Å². The summed E-state index contributed by atoms with van der Waals surface area (Å²) < 4.78 is 18.7. The number of halogens is 1. The minimum absolute atomic E-state index is 0.0220. The van der Waals surface area contributed by atoms with Crippen LogP contribution in [0.4, 0.5) is 4.39 Å². The van der Waals surface area contributed by atoms with Crippen molar-refractivity contribution in [1.29, 1.82) is 10.5 Å². The summed E-state index contributed by atoms with van der Waals surface area (Å²) in [6.07, 6.45) is 1.33. The zero-order valence-corrected chi connectivity index (χ0v) is 9.09. The predicted molar refractivity (Wildman–Crippen MR) is 60.1 cm³/mol. The van der Waals surface area contributed by atoms with Crippen LogP contribution in [0.3, 0.4) is 0 Å². The van der Waals surface area contributed by atoms with Gasteiger partial charge in [-0.05, 0) is 24.3 Å². The Hall–Kier alpha value is -2.92. The van der Waals surface area contributed by atoms with Gasteiger partial charge >= 0.3 is 0 Å². The van der Waals surface area contributed by atoms with Gasteiger partial charge in [-0.3, -0.25) is 0 Å². The number of aromatic nitrogens is 1. The topological polar surface area (TPSA) is 69.7 Å². The van der Waals surface area contributed by atoms with Crippen LogP contribution in [-0.4, -0.2) is 4.98 Å². The standard InChI is InChI=1S/C13H6FN3O/c14-11-5-9(6-15)1-3-12(11)18-13-4-2-10(7-16)8-17-13/h1-5,8H. The highest BCUT2D eigenvalue weighted by molar-refractivity contribution is 5.38. The summed E-state index contributed by atoms with van der Waals surface area (Å²) in [5.41, 5.74) is 0.607. The second-order valence-electron chi connectivity index (χ2n) is 3.36. The van der Waals surface area contributed by atoms with E-state index >= 15 is 0 Å². The summed E-state index contributed by atoms with van der Waals surface area (Å²) in [4.78, 5) is 3.85. The molecular formula is C13H6FN3O. The lowest BCUT2D eigenvalue weighted by Gasteiger charge is -2.05. The normalized spacial score (nSPS) is 9.28. The maximum atomic E-state index is 13.5. The van der Waals surface area contributed by atoms with Gasteiger partial charge in [-0.15, -0.1) is 0 Å². The summed E-state index contributed by atoms with van der Waals surface area (Å²) in [7, 11) is 0. The molecule has 0 spiro atoms. The molecule has 1 aromatic heterocycles. The lowest BCUT2D eigenvalue weighted by atomic mass is 10.2. The van der Waals surface area contributed by atoms with Gasteiger partial charge in [0, 0.05) is 12.3 Å². The van der Waals surface area contributed by atoms with Gasteiger partial charge in [0.2, 0.25) is 5.88 Å².